The molecule has 0 atom stereocenters. The van der Waals surface area contributed by atoms with Crippen LogP contribution in [0.1, 0.15) is 21.5 Å². The van der Waals surface area contributed by atoms with E-state index >= 15 is 0 Å². The number of carbonyl (C=O) groups is 1. The second-order valence-corrected chi connectivity index (χ2v) is 6.24. The Morgan fingerprint density at radius 3 is 2.43 bits per heavy atom. The van der Waals surface area contributed by atoms with E-state index in [-0.39, 0.29) is 17.3 Å². The molecule has 6 heteroatoms. The Kier molecular flexibility index (Phi) is 6.01. The van der Waals surface area contributed by atoms with Crippen LogP contribution in [0.25, 0.3) is 0 Å². The summed E-state index contributed by atoms with van der Waals surface area (Å²) in [5.41, 5.74) is 2.78. The fraction of sp³-hybridized carbons (Fsp3) is 0.136. The van der Waals surface area contributed by atoms with Gasteiger partial charge in [0.1, 0.15) is 5.75 Å². The van der Waals surface area contributed by atoms with Crippen molar-refractivity contribution in [3.8, 4) is 5.75 Å². The second-order valence-electron chi connectivity index (χ2n) is 6.24. The van der Waals surface area contributed by atoms with Gasteiger partial charge < -0.3 is 10.1 Å². The lowest BCUT2D eigenvalue weighted by Crippen LogP contribution is -2.15. The first kappa shape index (κ1) is 19.1. The number of nitrogens with zero attached hydrogens (tertiary/aromatic N) is 1. The molecule has 3 aromatic rings. The topological polar surface area (TPSA) is 81.5 Å². The van der Waals surface area contributed by atoms with E-state index in [0.29, 0.717) is 17.7 Å². The van der Waals surface area contributed by atoms with Gasteiger partial charge in [0.2, 0.25) is 0 Å². The molecule has 1 N–H and O–H groups in total. The Balaban J connectivity index is 1.82. The second kappa shape index (κ2) is 8.81. The molecule has 0 saturated heterocycles. The molecule has 6 nitrogen and oxygen atoms in total. The smallest absolute Gasteiger partial charge is 0.271 e. The third kappa shape index (κ3) is 4.54. The van der Waals surface area contributed by atoms with Crippen LogP contribution in [-0.2, 0) is 12.8 Å². The first-order chi connectivity index (χ1) is 13.6. The van der Waals surface area contributed by atoms with Gasteiger partial charge in [-0.3, -0.25) is 14.9 Å². The molecule has 0 bridgehead atoms. The van der Waals surface area contributed by atoms with Crippen LogP contribution in [0.4, 0.5) is 11.4 Å². The highest BCUT2D eigenvalue weighted by molar-refractivity contribution is 6.06. The number of amides is 1. The van der Waals surface area contributed by atoms with Gasteiger partial charge in [-0.25, -0.2) is 0 Å². The highest BCUT2D eigenvalue weighted by Gasteiger charge is 2.16. The van der Waals surface area contributed by atoms with E-state index in [4.69, 9.17) is 4.74 Å². The van der Waals surface area contributed by atoms with E-state index in [1.165, 1.54) is 30.9 Å². The van der Waals surface area contributed by atoms with Crippen LogP contribution in [0.3, 0.4) is 0 Å². The number of nitro benzene ring substituents is 1. The largest absolute Gasteiger partial charge is 0.495 e. The van der Waals surface area contributed by atoms with Crippen molar-refractivity contribution in [3.63, 3.8) is 0 Å². The Hall–Kier alpha value is -3.67. The first-order valence-electron chi connectivity index (χ1n) is 8.84. The van der Waals surface area contributed by atoms with Crippen molar-refractivity contribution in [1.82, 2.24) is 0 Å². The third-order valence-electron chi connectivity index (χ3n) is 4.43. The number of carbonyl (C=O) groups excluding carboxylic acids is 1. The van der Waals surface area contributed by atoms with Gasteiger partial charge in [-0.1, -0.05) is 48.5 Å². The Bertz CT molecular complexity index is 987. The maximum absolute atomic E-state index is 12.9. The Morgan fingerprint density at radius 2 is 1.71 bits per heavy atom. The minimum atomic E-state index is -0.511. The molecule has 0 unspecified atom stereocenters. The van der Waals surface area contributed by atoms with Crippen LogP contribution in [-0.4, -0.2) is 17.9 Å². The molecule has 1 amide bonds. The minimum Gasteiger partial charge on any atom is -0.495 e. The molecular formula is C22H20N2O4. The molecule has 28 heavy (non-hydrogen) atoms. The van der Waals surface area contributed by atoms with Crippen molar-refractivity contribution in [2.45, 2.75) is 12.8 Å². The molecule has 0 spiro atoms. The fourth-order valence-electron chi connectivity index (χ4n) is 2.98. The number of ether oxygens (including phenoxy) is 1. The normalized spacial score (nSPS) is 10.3. The monoisotopic (exact) mass is 376 g/mol. The summed E-state index contributed by atoms with van der Waals surface area (Å²) < 4.78 is 5.22. The van der Waals surface area contributed by atoms with Gasteiger partial charge in [-0.15, -0.1) is 0 Å². The summed E-state index contributed by atoms with van der Waals surface area (Å²) in [5, 5.41) is 13.8. The fourth-order valence-corrected chi connectivity index (χ4v) is 2.98. The summed E-state index contributed by atoms with van der Waals surface area (Å²) in [5.74, 6) is 0.0307. The summed E-state index contributed by atoms with van der Waals surface area (Å²) in [6.07, 6.45) is 1.52. The number of nitro groups is 1. The van der Waals surface area contributed by atoms with Crippen LogP contribution < -0.4 is 10.1 Å². The van der Waals surface area contributed by atoms with Crippen molar-refractivity contribution in [2.24, 2.45) is 0 Å². The standard InChI is InChI=1S/C22H20N2O4/c1-28-21-14-13-18(24(26)27)15-20(21)23-22(25)19-10-6-5-9-17(19)12-11-16-7-3-2-4-8-16/h2-10,13-15H,11-12H2,1H3,(H,23,25). The number of methoxy groups -OCH3 is 1. The van der Waals surface area contributed by atoms with Crippen molar-refractivity contribution in [1.29, 1.82) is 0 Å². The molecule has 3 aromatic carbocycles. The average molecular weight is 376 g/mol. The number of anilines is 1. The van der Waals surface area contributed by atoms with E-state index < -0.39 is 4.92 Å². The van der Waals surface area contributed by atoms with Crippen LogP contribution in [0, 0.1) is 10.1 Å². The predicted octanol–water partition coefficient (Wildman–Crippen LogP) is 4.64. The van der Waals surface area contributed by atoms with Gasteiger partial charge in [-0.2, -0.15) is 0 Å². The van der Waals surface area contributed by atoms with Crippen LogP contribution in [0.2, 0.25) is 0 Å². The molecule has 0 radical (unpaired) electrons. The highest BCUT2D eigenvalue weighted by Crippen LogP contribution is 2.29. The molecule has 0 heterocycles. The summed E-state index contributed by atoms with van der Waals surface area (Å²) in [4.78, 5) is 23.4. The molecule has 0 aliphatic heterocycles. The molecule has 3 rings (SSSR count). The zero-order chi connectivity index (χ0) is 19.9. The number of rotatable bonds is 7. The average Bonchev–Trinajstić information content (AvgIpc) is 2.73. The number of non-ortho nitro benzene ring substituents is 1. The Labute approximate surface area is 162 Å². The van der Waals surface area contributed by atoms with Gasteiger partial charge in [0.05, 0.1) is 17.7 Å². The number of hydrogen-bond donors (Lipinski definition) is 1. The van der Waals surface area contributed by atoms with Gasteiger partial charge in [-0.05, 0) is 36.1 Å². The number of nitrogens with one attached hydrogen (secondary N) is 1. The van der Waals surface area contributed by atoms with E-state index in [2.05, 4.69) is 17.4 Å². The van der Waals surface area contributed by atoms with E-state index in [1.54, 1.807) is 12.1 Å². The molecular weight excluding hydrogens is 356 g/mol. The summed E-state index contributed by atoms with van der Waals surface area (Å²) in [6, 6.07) is 21.5. The lowest BCUT2D eigenvalue weighted by molar-refractivity contribution is -0.384. The molecule has 0 fully saturated rings. The van der Waals surface area contributed by atoms with Gasteiger partial charge in [0.25, 0.3) is 11.6 Å². The minimum absolute atomic E-state index is 0.117. The molecule has 0 aliphatic rings. The molecule has 0 aromatic heterocycles. The molecule has 0 aliphatic carbocycles. The summed E-state index contributed by atoms with van der Waals surface area (Å²) >= 11 is 0. The van der Waals surface area contributed by atoms with E-state index in [1.807, 2.05) is 30.3 Å². The SMILES string of the molecule is COc1ccc([N+](=O)[O-])cc1NC(=O)c1ccccc1CCc1ccccc1. The predicted molar refractivity (Wildman–Crippen MR) is 108 cm³/mol. The Morgan fingerprint density at radius 1 is 1.00 bits per heavy atom. The third-order valence-corrected chi connectivity index (χ3v) is 4.43. The maximum atomic E-state index is 12.9. The molecule has 0 saturated carbocycles. The van der Waals surface area contributed by atoms with Crippen molar-refractivity contribution in [3.05, 3.63) is 99.6 Å². The van der Waals surface area contributed by atoms with Crippen molar-refractivity contribution < 1.29 is 14.5 Å². The maximum Gasteiger partial charge on any atom is 0.271 e. The number of hydrogen-bond acceptors (Lipinski definition) is 4. The van der Waals surface area contributed by atoms with Crippen LogP contribution >= 0.6 is 0 Å². The zero-order valence-corrected chi connectivity index (χ0v) is 15.4. The van der Waals surface area contributed by atoms with Crippen LogP contribution in [0.15, 0.2) is 72.8 Å². The molecule has 142 valence electrons. The van der Waals surface area contributed by atoms with Crippen molar-refractivity contribution >= 4 is 17.3 Å². The summed E-state index contributed by atoms with van der Waals surface area (Å²) in [7, 11) is 1.45. The number of aryl methyl sites for hydroxylation is 2. The van der Waals surface area contributed by atoms with Gasteiger partial charge in [0, 0.05) is 17.7 Å². The van der Waals surface area contributed by atoms with E-state index in [9.17, 15) is 14.9 Å². The lowest BCUT2D eigenvalue weighted by Gasteiger charge is -2.12. The van der Waals surface area contributed by atoms with Gasteiger partial charge >= 0.3 is 0 Å². The first-order valence-corrected chi connectivity index (χ1v) is 8.84. The van der Waals surface area contributed by atoms with E-state index in [0.717, 1.165) is 12.0 Å². The number of benzene rings is 3. The lowest BCUT2D eigenvalue weighted by atomic mass is 9.99. The van der Waals surface area contributed by atoms with Gasteiger partial charge in [0.15, 0.2) is 0 Å². The highest BCUT2D eigenvalue weighted by atomic mass is 16.6. The van der Waals surface area contributed by atoms with Crippen LogP contribution in [0.5, 0.6) is 5.75 Å². The quantitative estimate of drug-likeness (QED) is 0.481. The zero-order valence-electron chi connectivity index (χ0n) is 15.4. The van der Waals surface area contributed by atoms with Crippen molar-refractivity contribution in [2.75, 3.05) is 12.4 Å². The summed E-state index contributed by atoms with van der Waals surface area (Å²) in [6.45, 7) is 0.